The number of hydrogen-bond acceptors (Lipinski definition) is 14. The number of phosphoric acid groups is 1. The predicted molar refractivity (Wildman–Crippen MR) is 152 cm³/mol. The topological polar surface area (TPSA) is 219 Å². The first kappa shape index (κ1) is 30.3. The first-order valence-electron chi connectivity index (χ1n) is 12.6. The number of benzene rings is 1. The van der Waals surface area contributed by atoms with Crippen LogP contribution in [0.2, 0.25) is 0 Å². The molecule has 2 aliphatic heterocycles. The van der Waals surface area contributed by atoms with E-state index in [4.69, 9.17) is 34.5 Å². The molecule has 4 heterocycles. The highest BCUT2D eigenvalue weighted by Crippen LogP contribution is 2.50. The molecule has 228 valence electrons. The first-order valence-corrected chi connectivity index (χ1v) is 16.0. The molecule has 4 atom stereocenters. The van der Waals surface area contributed by atoms with Gasteiger partial charge in [-0.1, -0.05) is 12.2 Å². The lowest BCUT2D eigenvalue weighted by Crippen LogP contribution is -2.28. The molecule has 0 fully saturated rings. The first-order chi connectivity index (χ1) is 20.4. The Balaban J connectivity index is 1.26. The molecule has 16 nitrogen and oxygen atoms in total. The molecule has 0 radical (unpaired) electrons. The molecule has 5 rings (SSSR count). The number of phosphoric ester groups is 1. The van der Waals surface area contributed by atoms with Crippen molar-refractivity contribution in [2.45, 2.75) is 29.6 Å². The molecule has 1 aromatic carbocycles. The molecule has 3 aromatic rings. The maximum Gasteiger partial charge on any atom is 0.530 e. The summed E-state index contributed by atoms with van der Waals surface area (Å²) in [6.45, 7) is -0.612. The summed E-state index contributed by atoms with van der Waals surface area (Å²) in [7, 11) is -7.87. The summed E-state index contributed by atoms with van der Waals surface area (Å²) >= 11 is 0. The third-order valence-corrected chi connectivity index (χ3v) is 8.62. The average molecular weight is 635 g/mol. The quantitative estimate of drug-likeness (QED) is 0.224. The van der Waals surface area contributed by atoms with Crippen LogP contribution in [0, 0.1) is 0 Å². The molecule has 0 bridgehead atoms. The summed E-state index contributed by atoms with van der Waals surface area (Å²) in [5, 5.41) is 0. The van der Waals surface area contributed by atoms with Crippen molar-refractivity contribution in [2.75, 3.05) is 30.9 Å². The molecule has 2 aromatic heterocycles. The number of aromatic nitrogens is 4. The van der Waals surface area contributed by atoms with Gasteiger partial charge in [0, 0.05) is 18.6 Å². The summed E-state index contributed by atoms with van der Waals surface area (Å²) in [5.74, 6) is 0.135. The van der Waals surface area contributed by atoms with Gasteiger partial charge in [0.05, 0.1) is 18.1 Å². The fraction of sp³-hybridized carbons (Fsp3) is 0.280. The Morgan fingerprint density at radius 3 is 1.70 bits per heavy atom. The third-order valence-electron chi connectivity index (χ3n) is 6.12. The summed E-state index contributed by atoms with van der Waals surface area (Å²) in [4.78, 5) is 31.7. The normalized spacial score (nSPS) is 21.8. The van der Waals surface area contributed by atoms with E-state index in [1.54, 1.807) is 24.3 Å². The van der Waals surface area contributed by atoms with Crippen molar-refractivity contribution in [3.63, 3.8) is 0 Å². The highest BCUT2D eigenvalue weighted by molar-refractivity contribution is 7.90. The van der Waals surface area contributed by atoms with Gasteiger partial charge in [-0.25, -0.2) is 22.6 Å². The predicted octanol–water partition coefficient (Wildman–Crippen LogP) is 1.20. The molecule has 0 saturated heterocycles. The fourth-order valence-electron chi connectivity index (χ4n) is 4.02. The number of nitrogens with zero attached hydrogens (tertiary/aromatic N) is 4. The summed E-state index contributed by atoms with van der Waals surface area (Å²) < 4.78 is 68.1. The lowest BCUT2D eigenvalue weighted by atomic mass is 10.3. The van der Waals surface area contributed by atoms with Gasteiger partial charge < -0.3 is 25.5 Å². The lowest BCUT2D eigenvalue weighted by Gasteiger charge is -2.22. The van der Waals surface area contributed by atoms with Gasteiger partial charge in [-0.2, -0.15) is 9.97 Å². The van der Waals surface area contributed by atoms with Crippen LogP contribution in [0.3, 0.4) is 0 Å². The number of anilines is 2. The standard InChI is InChI=1S/C25H27N6O10PS/c1-43(35,36)19-6-2-16(3-7-19)41-42(34,37-14-17-4-8-22(39-17)30-12-10-20(26)28-24(30)32)38-15-18-5-9-23(40-18)31-13-11-21(27)29-25(31)33/h2-13,17-18,22-23H,14-15H2,1H3,(H2,26,28,32)(H2,27,29,33)/t17-,18-,22+,23+/m0/s1. The van der Waals surface area contributed by atoms with Gasteiger partial charge >= 0.3 is 19.2 Å². The van der Waals surface area contributed by atoms with Crippen LogP contribution in [0.15, 0.2) is 87.6 Å². The van der Waals surface area contributed by atoms with Crippen LogP contribution in [0.5, 0.6) is 5.75 Å². The molecule has 0 saturated carbocycles. The van der Waals surface area contributed by atoms with Crippen molar-refractivity contribution >= 4 is 29.3 Å². The van der Waals surface area contributed by atoms with Gasteiger partial charge in [-0.3, -0.25) is 18.2 Å². The van der Waals surface area contributed by atoms with E-state index in [-0.39, 0.29) is 35.5 Å². The SMILES string of the molecule is CS(=O)(=O)c1ccc(OP(=O)(OC[C@@H]2C=C[C@H](n3ccc(N)nc3=O)O2)OC[C@@H]2C=C[C@H](n3ccc(N)nc3=O)O2)cc1. The van der Waals surface area contributed by atoms with Crippen LogP contribution in [-0.4, -0.2) is 59.2 Å². The lowest BCUT2D eigenvalue weighted by molar-refractivity contribution is -0.0237. The van der Waals surface area contributed by atoms with Gasteiger partial charge in [0.2, 0.25) is 0 Å². The van der Waals surface area contributed by atoms with Gasteiger partial charge in [-0.15, -0.1) is 0 Å². The van der Waals surface area contributed by atoms with Crippen LogP contribution in [0.25, 0.3) is 0 Å². The minimum absolute atomic E-state index is 0.0104. The second-order valence-corrected chi connectivity index (χ2v) is 13.0. The van der Waals surface area contributed by atoms with Gasteiger partial charge in [0.15, 0.2) is 22.3 Å². The number of nitrogen functional groups attached to an aromatic ring is 2. The zero-order valence-electron chi connectivity index (χ0n) is 22.5. The van der Waals surface area contributed by atoms with Crippen molar-refractivity contribution in [3.8, 4) is 5.75 Å². The Morgan fingerprint density at radius 2 is 1.28 bits per heavy atom. The summed E-state index contributed by atoms with van der Waals surface area (Å²) in [6.07, 6.45) is 7.18. The van der Waals surface area contributed by atoms with Crippen LogP contribution in [-0.2, 0) is 32.9 Å². The van der Waals surface area contributed by atoms with Crippen LogP contribution in [0.4, 0.5) is 11.6 Å². The smallest absolute Gasteiger partial charge is 0.404 e. The summed E-state index contributed by atoms with van der Waals surface area (Å²) in [5.41, 5.74) is 9.84. The number of hydrogen-bond donors (Lipinski definition) is 2. The fourth-order valence-corrected chi connectivity index (χ4v) is 5.87. The van der Waals surface area contributed by atoms with E-state index in [1.807, 2.05) is 0 Å². The molecule has 0 spiro atoms. The van der Waals surface area contributed by atoms with Crippen LogP contribution in [0.1, 0.15) is 12.5 Å². The Labute approximate surface area is 244 Å². The van der Waals surface area contributed by atoms with Crippen molar-refractivity contribution in [1.82, 2.24) is 19.1 Å². The highest BCUT2D eigenvalue weighted by Gasteiger charge is 2.34. The Kier molecular flexibility index (Phi) is 8.64. The van der Waals surface area contributed by atoms with Crippen molar-refractivity contribution in [2.24, 2.45) is 0 Å². The minimum atomic E-state index is -4.39. The average Bonchev–Trinajstić information content (AvgIpc) is 3.61. The van der Waals surface area contributed by atoms with E-state index in [1.165, 1.54) is 57.9 Å². The van der Waals surface area contributed by atoms with E-state index >= 15 is 0 Å². The summed E-state index contributed by atoms with van der Waals surface area (Å²) in [6, 6.07) is 8.07. The van der Waals surface area contributed by atoms with Crippen LogP contribution >= 0.6 is 7.82 Å². The highest BCUT2D eigenvalue weighted by atomic mass is 32.2. The maximum atomic E-state index is 13.8. The van der Waals surface area contributed by atoms with Gasteiger partial charge in [0.1, 0.15) is 29.6 Å². The van der Waals surface area contributed by atoms with Crippen LogP contribution < -0.4 is 27.4 Å². The van der Waals surface area contributed by atoms with Crippen molar-refractivity contribution < 1.29 is 36.0 Å². The maximum absolute atomic E-state index is 13.8. The largest absolute Gasteiger partial charge is 0.530 e. The number of rotatable bonds is 11. The monoisotopic (exact) mass is 634 g/mol. The van der Waals surface area contributed by atoms with Gasteiger partial charge in [-0.05, 0) is 48.6 Å². The molecule has 18 heteroatoms. The molecular weight excluding hydrogens is 607 g/mol. The molecule has 4 N–H and O–H groups in total. The Morgan fingerprint density at radius 1 is 0.814 bits per heavy atom. The molecular formula is C25H27N6O10PS. The van der Waals surface area contributed by atoms with E-state index in [2.05, 4.69) is 9.97 Å². The zero-order valence-corrected chi connectivity index (χ0v) is 24.2. The number of sulfone groups is 1. The second kappa shape index (κ2) is 12.2. The van der Waals surface area contributed by atoms with E-state index in [0.29, 0.717) is 0 Å². The van der Waals surface area contributed by atoms with Crippen molar-refractivity contribution in [1.29, 1.82) is 0 Å². The molecule has 43 heavy (non-hydrogen) atoms. The van der Waals surface area contributed by atoms with E-state index in [9.17, 15) is 22.6 Å². The zero-order chi connectivity index (χ0) is 30.8. The molecule has 2 aliphatic rings. The Bertz CT molecular complexity index is 1730. The molecule has 0 amide bonds. The minimum Gasteiger partial charge on any atom is -0.404 e. The third kappa shape index (κ3) is 7.45. The number of ether oxygens (including phenoxy) is 2. The molecule has 0 aliphatic carbocycles. The Hall–Kier alpha value is -4.12. The number of nitrogens with two attached hydrogens (primary N) is 2. The van der Waals surface area contributed by atoms with Crippen molar-refractivity contribution in [3.05, 3.63) is 94.1 Å². The van der Waals surface area contributed by atoms with E-state index < -0.39 is 53.7 Å². The van der Waals surface area contributed by atoms with E-state index in [0.717, 1.165) is 6.26 Å². The molecule has 0 unspecified atom stereocenters. The second-order valence-electron chi connectivity index (χ2n) is 9.36. The van der Waals surface area contributed by atoms with Gasteiger partial charge in [0.25, 0.3) is 0 Å².